The van der Waals surface area contributed by atoms with Crippen molar-refractivity contribution >= 4 is 5.91 Å². The molecule has 0 saturated heterocycles. The molecule has 0 aliphatic heterocycles. The fourth-order valence-corrected chi connectivity index (χ4v) is 2.79. The third-order valence-electron chi connectivity index (χ3n) is 4.34. The van der Waals surface area contributed by atoms with Gasteiger partial charge in [-0.2, -0.15) is 5.10 Å². The van der Waals surface area contributed by atoms with Crippen molar-refractivity contribution < 1.29 is 9.18 Å². The highest BCUT2D eigenvalue weighted by atomic mass is 19.1. The third kappa shape index (κ3) is 4.11. The zero-order valence-electron chi connectivity index (χ0n) is 15.2. The Hall–Kier alpha value is -4.07. The minimum Gasteiger partial charge on any atom is -0.348 e. The second-order valence-electron chi connectivity index (χ2n) is 6.29. The van der Waals surface area contributed by atoms with Crippen molar-refractivity contribution in [1.29, 1.82) is 0 Å². The molecule has 4 aromatic rings. The number of halogens is 1. The Labute approximate surface area is 164 Å². The Morgan fingerprint density at radius 1 is 1.07 bits per heavy atom. The summed E-state index contributed by atoms with van der Waals surface area (Å²) >= 11 is 0. The maximum atomic E-state index is 13.0. The molecule has 0 saturated carbocycles. The van der Waals surface area contributed by atoms with Crippen LogP contribution in [0.25, 0.3) is 17.1 Å². The zero-order valence-corrected chi connectivity index (χ0v) is 15.2. The van der Waals surface area contributed by atoms with Crippen LogP contribution in [0, 0.1) is 5.82 Å². The van der Waals surface area contributed by atoms with E-state index in [9.17, 15) is 14.0 Å². The van der Waals surface area contributed by atoms with Gasteiger partial charge in [-0.3, -0.25) is 14.6 Å². The summed E-state index contributed by atoms with van der Waals surface area (Å²) < 4.78 is 14.4. The Morgan fingerprint density at radius 2 is 1.76 bits per heavy atom. The molecule has 29 heavy (non-hydrogen) atoms. The van der Waals surface area contributed by atoms with Crippen LogP contribution < -0.4 is 10.9 Å². The summed E-state index contributed by atoms with van der Waals surface area (Å²) in [7, 11) is 0. The Kier molecular flexibility index (Phi) is 4.98. The Balaban J connectivity index is 1.42. The Morgan fingerprint density at radius 3 is 2.38 bits per heavy atom. The van der Waals surface area contributed by atoms with Crippen LogP contribution in [0.4, 0.5) is 4.39 Å². The number of benzene rings is 2. The number of aromatic nitrogens is 4. The smallest absolute Gasteiger partial charge is 0.265 e. The highest BCUT2D eigenvalue weighted by molar-refractivity contribution is 5.93. The fraction of sp³-hybridized carbons (Fsp3) is 0.0476. The number of hydrogen-bond acceptors (Lipinski definition) is 4. The quantitative estimate of drug-likeness (QED) is 0.549. The van der Waals surface area contributed by atoms with E-state index in [0.29, 0.717) is 0 Å². The maximum absolute atomic E-state index is 13.0. The van der Waals surface area contributed by atoms with E-state index in [1.54, 1.807) is 30.6 Å². The number of carbonyl (C=O) groups excluding carboxylic acids is 1. The van der Waals surface area contributed by atoms with Crippen LogP contribution >= 0.6 is 0 Å². The number of carbonyl (C=O) groups is 1. The molecule has 0 atom stereocenters. The second kappa shape index (κ2) is 7.89. The van der Waals surface area contributed by atoms with Gasteiger partial charge in [0.05, 0.1) is 0 Å². The SMILES string of the molecule is O=C(NCc1ccc(-c2ccc(F)cc2)cc1)c1cnc(-n2cccn2)[nH]c1=O. The lowest BCUT2D eigenvalue weighted by Gasteiger charge is -2.07. The molecule has 2 aromatic carbocycles. The molecule has 2 aromatic heterocycles. The number of amides is 1. The van der Waals surface area contributed by atoms with Gasteiger partial charge in [0.1, 0.15) is 11.4 Å². The number of rotatable bonds is 5. The molecule has 2 heterocycles. The van der Waals surface area contributed by atoms with Crippen molar-refractivity contribution in [3.8, 4) is 17.1 Å². The van der Waals surface area contributed by atoms with E-state index in [1.807, 2.05) is 24.3 Å². The third-order valence-corrected chi connectivity index (χ3v) is 4.34. The van der Waals surface area contributed by atoms with Crippen molar-refractivity contribution in [3.63, 3.8) is 0 Å². The molecule has 7 nitrogen and oxygen atoms in total. The molecule has 0 aliphatic carbocycles. The average molecular weight is 389 g/mol. The van der Waals surface area contributed by atoms with E-state index in [4.69, 9.17) is 0 Å². The molecular weight excluding hydrogens is 373 g/mol. The molecular formula is C21H16FN5O2. The van der Waals surface area contributed by atoms with Crippen molar-refractivity contribution in [2.75, 3.05) is 0 Å². The standard InChI is InChI=1S/C21H16FN5O2/c22-17-8-6-16(7-9-17)15-4-2-14(3-5-15)12-23-19(28)18-13-24-21(26-20(18)29)27-11-1-10-25-27/h1-11,13H,12H2,(H,23,28)(H,24,26,29). The summed E-state index contributed by atoms with van der Waals surface area (Å²) in [5.74, 6) is -0.573. The van der Waals surface area contributed by atoms with Gasteiger partial charge in [-0.15, -0.1) is 0 Å². The van der Waals surface area contributed by atoms with Gasteiger partial charge in [0.25, 0.3) is 11.5 Å². The lowest BCUT2D eigenvalue weighted by Crippen LogP contribution is -2.30. The number of aromatic amines is 1. The number of nitrogens with one attached hydrogen (secondary N) is 2. The molecule has 1 amide bonds. The van der Waals surface area contributed by atoms with Gasteiger partial charge in [0, 0.05) is 25.1 Å². The van der Waals surface area contributed by atoms with E-state index in [2.05, 4.69) is 20.4 Å². The van der Waals surface area contributed by atoms with Crippen LogP contribution in [0.15, 0.2) is 78.0 Å². The number of H-pyrrole nitrogens is 1. The minimum absolute atomic E-state index is 0.0798. The van der Waals surface area contributed by atoms with Crippen molar-refractivity contribution in [1.82, 2.24) is 25.1 Å². The normalized spacial score (nSPS) is 10.7. The first kappa shape index (κ1) is 18.3. The summed E-state index contributed by atoms with van der Waals surface area (Å²) in [6.45, 7) is 0.253. The zero-order chi connectivity index (χ0) is 20.2. The van der Waals surface area contributed by atoms with Gasteiger partial charge in [-0.05, 0) is 34.9 Å². The van der Waals surface area contributed by atoms with Gasteiger partial charge in [-0.1, -0.05) is 36.4 Å². The molecule has 8 heteroatoms. The molecule has 0 radical (unpaired) electrons. The van der Waals surface area contributed by atoms with Crippen LogP contribution in [-0.2, 0) is 6.54 Å². The predicted molar refractivity (Wildman–Crippen MR) is 105 cm³/mol. The van der Waals surface area contributed by atoms with E-state index in [1.165, 1.54) is 23.0 Å². The van der Waals surface area contributed by atoms with Crippen LogP contribution in [0.1, 0.15) is 15.9 Å². The molecule has 0 spiro atoms. The number of nitrogens with zero attached hydrogens (tertiary/aromatic N) is 3. The molecule has 4 rings (SSSR count). The summed E-state index contributed by atoms with van der Waals surface area (Å²) in [4.78, 5) is 31.1. The van der Waals surface area contributed by atoms with Gasteiger partial charge in [0.15, 0.2) is 0 Å². The van der Waals surface area contributed by atoms with Gasteiger partial charge in [0.2, 0.25) is 5.95 Å². The highest BCUT2D eigenvalue weighted by Crippen LogP contribution is 2.20. The molecule has 0 bridgehead atoms. The molecule has 0 fully saturated rings. The maximum Gasteiger partial charge on any atom is 0.265 e. The van der Waals surface area contributed by atoms with Crippen molar-refractivity contribution in [3.05, 3.63) is 100 Å². The average Bonchev–Trinajstić information content (AvgIpc) is 3.28. The van der Waals surface area contributed by atoms with Gasteiger partial charge < -0.3 is 5.32 Å². The second-order valence-corrected chi connectivity index (χ2v) is 6.29. The summed E-state index contributed by atoms with van der Waals surface area (Å²) in [6.07, 6.45) is 4.42. The first-order valence-electron chi connectivity index (χ1n) is 8.82. The fourth-order valence-electron chi connectivity index (χ4n) is 2.79. The lowest BCUT2D eigenvalue weighted by atomic mass is 10.0. The van der Waals surface area contributed by atoms with E-state index in [0.717, 1.165) is 16.7 Å². The lowest BCUT2D eigenvalue weighted by molar-refractivity contribution is 0.0949. The molecule has 144 valence electrons. The minimum atomic E-state index is -0.547. The van der Waals surface area contributed by atoms with Crippen LogP contribution in [0.3, 0.4) is 0 Å². The molecule has 0 unspecified atom stereocenters. The van der Waals surface area contributed by atoms with Gasteiger partial charge in [-0.25, -0.2) is 14.1 Å². The summed E-state index contributed by atoms with van der Waals surface area (Å²) in [6, 6.07) is 15.4. The predicted octanol–water partition coefficient (Wildman–Crippen LogP) is 2.69. The first-order valence-corrected chi connectivity index (χ1v) is 8.82. The summed E-state index contributed by atoms with van der Waals surface area (Å²) in [5, 5.41) is 6.68. The van der Waals surface area contributed by atoms with Crippen LogP contribution in [-0.4, -0.2) is 25.7 Å². The van der Waals surface area contributed by atoms with Crippen LogP contribution in [0.5, 0.6) is 0 Å². The van der Waals surface area contributed by atoms with Crippen molar-refractivity contribution in [2.45, 2.75) is 6.54 Å². The van der Waals surface area contributed by atoms with E-state index >= 15 is 0 Å². The van der Waals surface area contributed by atoms with Crippen LogP contribution in [0.2, 0.25) is 0 Å². The number of hydrogen-bond donors (Lipinski definition) is 2. The topological polar surface area (TPSA) is 92.7 Å². The highest BCUT2D eigenvalue weighted by Gasteiger charge is 2.12. The monoisotopic (exact) mass is 389 g/mol. The Bertz CT molecular complexity index is 1180. The largest absolute Gasteiger partial charge is 0.348 e. The van der Waals surface area contributed by atoms with E-state index < -0.39 is 11.5 Å². The molecule has 0 aliphatic rings. The van der Waals surface area contributed by atoms with Gasteiger partial charge >= 0.3 is 0 Å². The summed E-state index contributed by atoms with van der Waals surface area (Å²) in [5.41, 5.74) is 2.08. The van der Waals surface area contributed by atoms with Crippen molar-refractivity contribution in [2.24, 2.45) is 0 Å². The molecule has 2 N–H and O–H groups in total. The first-order chi connectivity index (χ1) is 14.1. The van der Waals surface area contributed by atoms with E-state index in [-0.39, 0.29) is 23.9 Å².